The van der Waals surface area contributed by atoms with Gasteiger partial charge in [-0.1, -0.05) is 41.7 Å². The van der Waals surface area contributed by atoms with Gasteiger partial charge in [-0.3, -0.25) is 10.1 Å². The molecule has 0 aliphatic carbocycles. The van der Waals surface area contributed by atoms with Crippen molar-refractivity contribution >= 4 is 28.3 Å². The fourth-order valence-corrected chi connectivity index (χ4v) is 3.39. The highest BCUT2D eigenvalue weighted by molar-refractivity contribution is 7.17. The molecule has 1 aromatic heterocycles. The van der Waals surface area contributed by atoms with E-state index in [4.69, 9.17) is 14.2 Å². The van der Waals surface area contributed by atoms with Crippen LogP contribution in [-0.4, -0.2) is 30.1 Å². The predicted molar refractivity (Wildman–Crippen MR) is 114 cm³/mol. The lowest BCUT2D eigenvalue weighted by atomic mass is 10.2. The normalized spacial score (nSPS) is 10.3. The number of hydrogen-bond donors (Lipinski definition) is 1. The van der Waals surface area contributed by atoms with Crippen LogP contribution < -0.4 is 14.8 Å². The predicted octanol–water partition coefficient (Wildman–Crippen LogP) is 4.22. The third-order valence-electron chi connectivity index (χ3n) is 3.95. The summed E-state index contributed by atoms with van der Waals surface area (Å²) in [5.74, 6) is 0.433. The molecular weight excluding hydrogens is 404 g/mol. The molecule has 30 heavy (non-hydrogen) atoms. The van der Waals surface area contributed by atoms with E-state index in [1.165, 1.54) is 0 Å². The number of hydrogen-bond acceptors (Lipinski definition) is 7. The number of carbonyl (C=O) groups excluding carboxylic acids is 2. The van der Waals surface area contributed by atoms with Crippen LogP contribution in [0, 0.1) is 6.92 Å². The Morgan fingerprint density at radius 1 is 1.00 bits per heavy atom. The van der Waals surface area contributed by atoms with E-state index in [1.807, 2.05) is 30.3 Å². The molecule has 0 unspecified atom stereocenters. The number of nitrogens with zero attached hydrogens (tertiary/aromatic N) is 1. The molecule has 3 rings (SSSR count). The van der Waals surface area contributed by atoms with Crippen LogP contribution in [0.15, 0.2) is 54.6 Å². The molecule has 1 amide bonds. The lowest BCUT2D eigenvalue weighted by Crippen LogP contribution is -2.20. The first-order valence-electron chi connectivity index (χ1n) is 9.39. The second-order valence-electron chi connectivity index (χ2n) is 6.24. The third-order valence-corrected chi connectivity index (χ3v) is 5.00. The van der Waals surface area contributed by atoms with Crippen molar-refractivity contribution in [3.63, 3.8) is 0 Å². The first-order chi connectivity index (χ1) is 14.5. The Morgan fingerprint density at radius 2 is 1.67 bits per heavy atom. The van der Waals surface area contributed by atoms with Gasteiger partial charge in [0.25, 0.3) is 5.91 Å². The zero-order valence-electron chi connectivity index (χ0n) is 16.7. The monoisotopic (exact) mass is 426 g/mol. The summed E-state index contributed by atoms with van der Waals surface area (Å²) < 4.78 is 16.2. The Balaban J connectivity index is 1.46. The van der Waals surface area contributed by atoms with E-state index in [9.17, 15) is 9.59 Å². The van der Waals surface area contributed by atoms with Gasteiger partial charge in [0.05, 0.1) is 12.3 Å². The Labute approximate surface area is 178 Å². The Morgan fingerprint density at radius 3 is 2.33 bits per heavy atom. The standard InChI is InChI=1S/C22H22N2O5S/c1-3-27-21(26)20-15(2)23-22(30-20)24-19(25)14-29-18-11-9-17(10-12-18)28-13-16-7-5-4-6-8-16/h4-12H,3,13-14H2,1-2H3,(H,23,24,25). The number of thiazole rings is 1. The third kappa shape index (κ3) is 6.05. The fourth-order valence-electron chi connectivity index (χ4n) is 2.51. The smallest absolute Gasteiger partial charge is 0.350 e. The molecule has 1 heterocycles. The van der Waals surface area contributed by atoms with Crippen molar-refractivity contribution in [3.05, 3.63) is 70.7 Å². The quantitative estimate of drug-likeness (QED) is 0.516. The lowest BCUT2D eigenvalue weighted by molar-refractivity contribution is -0.118. The minimum atomic E-state index is -0.446. The summed E-state index contributed by atoms with van der Waals surface area (Å²) in [5.41, 5.74) is 1.60. The van der Waals surface area contributed by atoms with Crippen LogP contribution in [0.2, 0.25) is 0 Å². The number of nitrogens with one attached hydrogen (secondary N) is 1. The number of anilines is 1. The van der Waals surface area contributed by atoms with Crippen LogP contribution in [-0.2, 0) is 16.1 Å². The minimum Gasteiger partial charge on any atom is -0.489 e. The second kappa shape index (κ2) is 10.4. The second-order valence-corrected chi connectivity index (χ2v) is 7.24. The van der Waals surface area contributed by atoms with E-state index in [0.29, 0.717) is 33.8 Å². The van der Waals surface area contributed by atoms with Crippen molar-refractivity contribution in [1.82, 2.24) is 4.98 Å². The molecule has 3 aromatic rings. The number of carbonyl (C=O) groups is 2. The number of benzene rings is 2. The van der Waals surface area contributed by atoms with E-state index >= 15 is 0 Å². The summed E-state index contributed by atoms with van der Waals surface area (Å²) in [7, 11) is 0. The van der Waals surface area contributed by atoms with Gasteiger partial charge >= 0.3 is 5.97 Å². The van der Waals surface area contributed by atoms with Crippen LogP contribution in [0.3, 0.4) is 0 Å². The maximum atomic E-state index is 12.1. The topological polar surface area (TPSA) is 86.8 Å². The molecule has 0 aliphatic rings. The maximum Gasteiger partial charge on any atom is 0.350 e. The van der Waals surface area contributed by atoms with Crippen molar-refractivity contribution < 1.29 is 23.8 Å². The van der Waals surface area contributed by atoms with Gasteiger partial charge < -0.3 is 14.2 Å². The van der Waals surface area contributed by atoms with Crippen molar-refractivity contribution in [2.24, 2.45) is 0 Å². The lowest BCUT2D eigenvalue weighted by Gasteiger charge is -2.08. The van der Waals surface area contributed by atoms with Gasteiger partial charge in [-0.25, -0.2) is 9.78 Å². The Hall–Kier alpha value is -3.39. The van der Waals surface area contributed by atoms with Crippen LogP contribution in [0.5, 0.6) is 11.5 Å². The molecule has 2 aromatic carbocycles. The molecule has 0 bridgehead atoms. The summed E-state index contributed by atoms with van der Waals surface area (Å²) in [5, 5.41) is 2.96. The molecule has 0 atom stereocenters. The Kier molecular flexibility index (Phi) is 7.40. The molecule has 0 fully saturated rings. The number of aromatic nitrogens is 1. The first kappa shape index (κ1) is 21.3. The van der Waals surface area contributed by atoms with E-state index in [2.05, 4.69) is 10.3 Å². The molecule has 0 saturated heterocycles. The van der Waals surface area contributed by atoms with Gasteiger partial charge in [0.15, 0.2) is 11.7 Å². The summed E-state index contributed by atoms with van der Waals surface area (Å²) in [4.78, 5) is 28.5. The highest BCUT2D eigenvalue weighted by atomic mass is 32.1. The molecule has 1 N–H and O–H groups in total. The van der Waals surface area contributed by atoms with E-state index in [0.717, 1.165) is 16.9 Å². The summed E-state index contributed by atoms with van der Waals surface area (Å²) in [6, 6.07) is 16.9. The van der Waals surface area contributed by atoms with Crippen molar-refractivity contribution in [2.75, 3.05) is 18.5 Å². The number of amides is 1. The number of ether oxygens (including phenoxy) is 3. The van der Waals surface area contributed by atoms with E-state index in [-0.39, 0.29) is 19.1 Å². The van der Waals surface area contributed by atoms with Crippen LogP contribution in [0.4, 0.5) is 5.13 Å². The molecule has 0 spiro atoms. The van der Waals surface area contributed by atoms with E-state index < -0.39 is 5.97 Å². The van der Waals surface area contributed by atoms with Gasteiger partial charge in [-0.15, -0.1) is 0 Å². The summed E-state index contributed by atoms with van der Waals surface area (Å²) >= 11 is 1.07. The Bertz CT molecular complexity index is 987. The molecule has 0 saturated carbocycles. The molecule has 7 nitrogen and oxygen atoms in total. The van der Waals surface area contributed by atoms with Gasteiger partial charge in [0.1, 0.15) is 23.0 Å². The van der Waals surface area contributed by atoms with Gasteiger partial charge in [-0.2, -0.15) is 0 Å². The molecule has 0 aliphatic heterocycles. The molecule has 8 heteroatoms. The average Bonchev–Trinajstić information content (AvgIpc) is 3.12. The number of esters is 1. The molecule has 156 valence electrons. The van der Waals surface area contributed by atoms with Crippen LogP contribution in [0.25, 0.3) is 0 Å². The van der Waals surface area contributed by atoms with Gasteiger partial charge in [0.2, 0.25) is 0 Å². The molecule has 0 radical (unpaired) electrons. The maximum absolute atomic E-state index is 12.1. The van der Waals surface area contributed by atoms with Gasteiger partial charge in [-0.05, 0) is 43.7 Å². The summed E-state index contributed by atoms with van der Waals surface area (Å²) in [6.07, 6.45) is 0. The van der Waals surface area contributed by atoms with Crippen molar-refractivity contribution in [1.29, 1.82) is 0 Å². The largest absolute Gasteiger partial charge is 0.489 e. The van der Waals surface area contributed by atoms with Crippen LogP contribution >= 0.6 is 11.3 Å². The highest BCUT2D eigenvalue weighted by Gasteiger charge is 2.17. The van der Waals surface area contributed by atoms with Gasteiger partial charge in [0, 0.05) is 0 Å². The fraction of sp³-hybridized carbons (Fsp3) is 0.227. The zero-order valence-corrected chi connectivity index (χ0v) is 17.5. The first-order valence-corrected chi connectivity index (χ1v) is 10.2. The highest BCUT2D eigenvalue weighted by Crippen LogP contribution is 2.23. The van der Waals surface area contributed by atoms with Crippen LogP contribution in [0.1, 0.15) is 27.9 Å². The zero-order chi connectivity index (χ0) is 21.3. The van der Waals surface area contributed by atoms with E-state index in [1.54, 1.807) is 38.1 Å². The van der Waals surface area contributed by atoms with Crippen molar-refractivity contribution in [3.8, 4) is 11.5 Å². The summed E-state index contributed by atoms with van der Waals surface area (Å²) in [6.45, 7) is 4.00. The average molecular weight is 426 g/mol. The number of rotatable bonds is 9. The SMILES string of the molecule is CCOC(=O)c1sc(NC(=O)COc2ccc(OCc3ccccc3)cc2)nc1C. The van der Waals surface area contributed by atoms with Crippen molar-refractivity contribution in [2.45, 2.75) is 20.5 Å². The number of aryl methyl sites for hydroxylation is 1. The molecular formula is C22H22N2O5S. The minimum absolute atomic E-state index is 0.183.